The van der Waals surface area contributed by atoms with Crippen molar-refractivity contribution in [3.8, 4) is 0 Å². The molecule has 0 radical (unpaired) electrons. The third-order valence-electron chi connectivity index (χ3n) is 7.38. The van der Waals surface area contributed by atoms with Gasteiger partial charge in [-0.1, -0.05) is 30.9 Å². The minimum atomic E-state index is 0.851. The summed E-state index contributed by atoms with van der Waals surface area (Å²) < 4.78 is 0. The lowest BCUT2D eigenvalue weighted by Crippen LogP contribution is -2.43. The van der Waals surface area contributed by atoms with Crippen LogP contribution in [0.4, 0.5) is 5.82 Å². The van der Waals surface area contributed by atoms with Gasteiger partial charge in [-0.2, -0.15) is 0 Å². The number of hydrogen-bond acceptors (Lipinski definition) is 6. The molecule has 1 N–H and O–H groups in total. The molecule has 1 fully saturated rings. The molecule has 2 aliphatic carbocycles. The Bertz CT molecular complexity index is 1130. The summed E-state index contributed by atoms with van der Waals surface area (Å²) in [4.78, 5) is 14.4. The second-order valence-corrected chi connectivity index (χ2v) is 10.6. The lowest BCUT2D eigenvalue weighted by atomic mass is 9.99. The molecule has 0 spiro atoms. The normalized spacial score (nSPS) is 18.6. The Morgan fingerprint density at radius 2 is 1.89 bits per heavy atom. The topological polar surface area (TPSA) is 37.9 Å². The summed E-state index contributed by atoms with van der Waals surface area (Å²) in [5, 5.41) is 3.57. The van der Waals surface area contributed by atoms with E-state index in [4.69, 9.17) is 4.98 Å². The van der Waals surface area contributed by atoms with Crippen molar-refractivity contribution in [3.63, 3.8) is 0 Å². The van der Waals surface area contributed by atoms with Gasteiger partial charge in [0.25, 0.3) is 0 Å². The average Bonchev–Trinajstić information content (AvgIpc) is 3.30. The summed E-state index contributed by atoms with van der Waals surface area (Å²) in [6.45, 7) is 12.8. The largest absolute Gasteiger partial charge is 0.377 e. The van der Waals surface area contributed by atoms with Gasteiger partial charge < -0.3 is 24.9 Å². The molecular weight excluding hydrogens is 456 g/mol. The van der Waals surface area contributed by atoms with Gasteiger partial charge in [-0.3, -0.25) is 0 Å². The van der Waals surface area contributed by atoms with E-state index in [0.717, 1.165) is 81.4 Å². The quantitative estimate of drug-likeness (QED) is 0.468. The lowest BCUT2D eigenvalue weighted by Gasteiger charge is -2.34. The minimum Gasteiger partial charge on any atom is -0.377 e. The Hall–Kier alpha value is -3.09. The number of anilines is 1. The highest BCUT2D eigenvalue weighted by Crippen LogP contribution is 2.34. The van der Waals surface area contributed by atoms with Crippen LogP contribution in [0.5, 0.6) is 0 Å². The fourth-order valence-electron chi connectivity index (χ4n) is 5.03. The van der Waals surface area contributed by atoms with Gasteiger partial charge in [-0.25, -0.2) is 4.98 Å². The summed E-state index contributed by atoms with van der Waals surface area (Å²) in [6.07, 6.45) is 16.4. The number of fused-ring (bicyclic) bond motifs is 1. The second kappa shape index (κ2) is 12.4. The predicted molar refractivity (Wildman–Crippen MR) is 157 cm³/mol. The van der Waals surface area contributed by atoms with Gasteiger partial charge in [0.15, 0.2) is 0 Å². The SMILES string of the molecule is C=C(/C=C(\C=C/C)C1=CCc2nc(NC3=CCCC(N(C)CCN(C)C)=C3)ccc21)N1CCN(C)CC1. The second-order valence-electron chi connectivity index (χ2n) is 10.6. The van der Waals surface area contributed by atoms with Gasteiger partial charge >= 0.3 is 0 Å². The first kappa shape index (κ1) is 27.0. The van der Waals surface area contributed by atoms with Crippen LogP contribution in [0.15, 0.2) is 77.8 Å². The molecule has 0 saturated carbocycles. The molecule has 0 atom stereocenters. The zero-order valence-corrected chi connectivity index (χ0v) is 23.4. The van der Waals surface area contributed by atoms with Crippen LogP contribution >= 0.6 is 0 Å². The van der Waals surface area contributed by atoms with Crippen molar-refractivity contribution in [2.24, 2.45) is 0 Å². The van der Waals surface area contributed by atoms with Crippen molar-refractivity contribution in [1.82, 2.24) is 24.6 Å². The minimum absolute atomic E-state index is 0.851. The van der Waals surface area contributed by atoms with E-state index >= 15 is 0 Å². The van der Waals surface area contributed by atoms with Crippen molar-refractivity contribution >= 4 is 11.4 Å². The average molecular weight is 501 g/mol. The number of rotatable bonds is 10. The Labute approximate surface area is 224 Å². The van der Waals surface area contributed by atoms with E-state index in [-0.39, 0.29) is 0 Å². The van der Waals surface area contributed by atoms with E-state index in [1.54, 1.807) is 0 Å². The van der Waals surface area contributed by atoms with Crippen LogP contribution in [0, 0.1) is 0 Å². The third kappa shape index (κ3) is 7.02. The van der Waals surface area contributed by atoms with Crippen LogP contribution in [-0.2, 0) is 6.42 Å². The molecule has 6 heteroatoms. The van der Waals surface area contributed by atoms with Crippen molar-refractivity contribution in [2.75, 3.05) is 72.8 Å². The van der Waals surface area contributed by atoms with Gasteiger partial charge in [0.1, 0.15) is 5.82 Å². The lowest BCUT2D eigenvalue weighted by molar-refractivity contribution is 0.190. The van der Waals surface area contributed by atoms with E-state index in [0.29, 0.717) is 0 Å². The highest BCUT2D eigenvalue weighted by Gasteiger charge is 2.20. The van der Waals surface area contributed by atoms with Crippen LogP contribution in [0.3, 0.4) is 0 Å². The molecule has 1 aromatic rings. The van der Waals surface area contributed by atoms with Crippen molar-refractivity contribution in [1.29, 1.82) is 0 Å². The Morgan fingerprint density at radius 3 is 2.62 bits per heavy atom. The number of nitrogens with one attached hydrogen (secondary N) is 1. The molecule has 6 nitrogen and oxygen atoms in total. The fraction of sp³-hybridized carbons (Fsp3) is 0.452. The number of piperazine rings is 1. The number of nitrogens with zero attached hydrogens (tertiary/aromatic N) is 5. The summed E-state index contributed by atoms with van der Waals surface area (Å²) in [7, 11) is 8.61. The Balaban J connectivity index is 1.45. The maximum atomic E-state index is 5.00. The monoisotopic (exact) mass is 500 g/mol. The zero-order valence-electron chi connectivity index (χ0n) is 23.4. The molecule has 0 aromatic carbocycles. The maximum Gasteiger partial charge on any atom is 0.130 e. The molecule has 1 saturated heterocycles. The Kier molecular flexibility index (Phi) is 9.06. The van der Waals surface area contributed by atoms with E-state index in [1.807, 2.05) is 0 Å². The van der Waals surface area contributed by atoms with Gasteiger partial charge in [-0.15, -0.1) is 0 Å². The molecule has 0 bridgehead atoms. The van der Waals surface area contributed by atoms with Crippen LogP contribution in [0.2, 0.25) is 0 Å². The molecule has 4 rings (SSSR count). The molecule has 0 amide bonds. The van der Waals surface area contributed by atoms with E-state index in [2.05, 4.69) is 115 Å². The highest BCUT2D eigenvalue weighted by atomic mass is 15.2. The number of allylic oxidation sites excluding steroid dienone is 9. The molecule has 1 aromatic heterocycles. The van der Waals surface area contributed by atoms with Gasteiger partial charge in [0.2, 0.25) is 0 Å². The van der Waals surface area contributed by atoms with E-state index in [9.17, 15) is 0 Å². The fourth-order valence-corrected chi connectivity index (χ4v) is 5.03. The highest BCUT2D eigenvalue weighted by molar-refractivity contribution is 5.86. The number of likely N-dealkylation sites (N-methyl/N-ethyl adjacent to an activating group) is 3. The predicted octanol–water partition coefficient (Wildman–Crippen LogP) is 4.75. The van der Waals surface area contributed by atoms with Crippen molar-refractivity contribution in [3.05, 3.63) is 89.1 Å². The van der Waals surface area contributed by atoms with Crippen LogP contribution < -0.4 is 5.32 Å². The molecule has 1 aliphatic heterocycles. The van der Waals surface area contributed by atoms with Crippen LogP contribution in [0.1, 0.15) is 31.0 Å². The van der Waals surface area contributed by atoms with Crippen LogP contribution in [-0.4, -0.2) is 92.0 Å². The van der Waals surface area contributed by atoms with E-state index < -0.39 is 0 Å². The molecule has 2 heterocycles. The summed E-state index contributed by atoms with van der Waals surface area (Å²) in [6, 6.07) is 4.33. The van der Waals surface area contributed by atoms with Gasteiger partial charge in [-0.05, 0) is 76.3 Å². The van der Waals surface area contributed by atoms with Crippen molar-refractivity contribution < 1.29 is 0 Å². The molecule has 198 valence electrons. The van der Waals surface area contributed by atoms with E-state index in [1.165, 1.54) is 22.4 Å². The maximum absolute atomic E-state index is 5.00. The summed E-state index contributed by atoms with van der Waals surface area (Å²) in [5.41, 5.74) is 8.40. The third-order valence-corrected chi connectivity index (χ3v) is 7.38. The zero-order chi connectivity index (χ0) is 26.4. The Morgan fingerprint density at radius 1 is 1.11 bits per heavy atom. The molecule has 3 aliphatic rings. The summed E-state index contributed by atoms with van der Waals surface area (Å²) >= 11 is 0. The van der Waals surface area contributed by atoms with Gasteiger partial charge in [0.05, 0.1) is 5.69 Å². The summed E-state index contributed by atoms with van der Waals surface area (Å²) in [5.74, 6) is 0.909. The van der Waals surface area contributed by atoms with Crippen LogP contribution in [0.25, 0.3) is 5.57 Å². The molecular formula is C31H44N6. The number of pyridine rings is 1. The first-order valence-electron chi connectivity index (χ1n) is 13.5. The smallest absolute Gasteiger partial charge is 0.130 e. The van der Waals surface area contributed by atoms with Crippen molar-refractivity contribution in [2.45, 2.75) is 26.2 Å². The first-order chi connectivity index (χ1) is 17.8. The molecule has 37 heavy (non-hydrogen) atoms. The molecule has 0 unspecified atom stereocenters. The first-order valence-corrected chi connectivity index (χ1v) is 13.5. The standard InChI is InChI=1S/C31H44N6/c1-7-9-25(22-24(2)37-20-17-35(5)18-21-37)28-12-14-30-29(28)13-15-31(33-30)32-26-10-8-11-27(23-26)36(6)19-16-34(3)4/h7,9-10,12-13,15,22-23H,2,8,11,14,16-21H2,1,3-6H3,(H,32,33)/b9-7-,25-22+. The van der Waals surface area contributed by atoms with Gasteiger partial charge in [0, 0.05) is 75.4 Å². The number of hydrogen-bond donors (Lipinski definition) is 1. The number of aromatic nitrogens is 1.